The van der Waals surface area contributed by atoms with E-state index in [-0.39, 0.29) is 23.6 Å². The number of aromatic nitrogens is 1. The summed E-state index contributed by atoms with van der Waals surface area (Å²) < 4.78 is 20.7. The first-order valence-electron chi connectivity index (χ1n) is 11.9. The molecule has 1 saturated carbocycles. The molecule has 1 unspecified atom stereocenters. The van der Waals surface area contributed by atoms with Crippen LogP contribution in [0.15, 0.2) is 65.4 Å². The van der Waals surface area contributed by atoms with Crippen LogP contribution in [0.4, 0.5) is 10.1 Å². The molecular formula is C27H30FN3O2. The lowest BCUT2D eigenvalue weighted by atomic mass is 9.96. The fraction of sp³-hybridized carbons (Fsp3) is 0.407. The van der Waals surface area contributed by atoms with Crippen LogP contribution < -0.4 is 4.90 Å². The molecule has 6 heteroatoms. The normalized spacial score (nSPS) is 18.5. The van der Waals surface area contributed by atoms with Crippen LogP contribution >= 0.6 is 0 Å². The van der Waals surface area contributed by atoms with Crippen molar-refractivity contribution in [2.24, 2.45) is 5.92 Å². The Morgan fingerprint density at radius 1 is 1.06 bits per heavy atom. The zero-order valence-electron chi connectivity index (χ0n) is 18.8. The molecule has 0 N–H and O–H groups in total. The van der Waals surface area contributed by atoms with E-state index in [0.29, 0.717) is 31.1 Å². The Labute approximate surface area is 194 Å². The van der Waals surface area contributed by atoms with Gasteiger partial charge < -0.3 is 9.32 Å². The molecule has 0 amide bonds. The van der Waals surface area contributed by atoms with Crippen LogP contribution in [0.2, 0.25) is 0 Å². The molecule has 5 nitrogen and oxygen atoms in total. The highest BCUT2D eigenvalue weighted by Gasteiger charge is 2.30. The highest BCUT2D eigenvalue weighted by Crippen LogP contribution is 2.31. The molecule has 1 atom stereocenters. The Kier molecular flexibility index (Phi) is 6.53. The predicted molar refractivity (Wildman–Crippen MR) is 126 cm³/mol. The van der Waals surface area contributed by atoms with Crippen LogP contribution in [0.25, 0.3) is 0 Å². The Balaban J connectivity index is 1.25. The molecule has 1 aromatic heterocycles. The van der Waals surface area contributed by atoms with Gasteiger partial charge >= 0.3 is 0 Å². The average molecular weight is 448 g/mol. The van der Waals surface area contributed by atoms with Gasteiger partial charge in [0.15, 0.2) is 0 Å². The zero-order valence-corrected chi connectivity index (χ0v) is 18.8. The first-order valence-corrected chi connectivity index (χ1v) is 11.9. The zero-order chi connectivity index (χ0) is 22.6. The number of hydrogen-bond acceptors (Lipinski definition) is 5. The molecule has 0 bridgehead atoms. The molecule has 0 spiro atoms. The number of oxazole rings is 1. The fourth-order valence-corrected chi connectivity index (χ4v) is 5.25. The van der Waals surface area contributed by atoms with Crippen molar-refractivity contribution in [1.29, 1.82) is 0 Å². The van der Waals surface area contributed by atoms with Gasteiger partial charge in [0.25, 0.3) is 0 Å². The number of carbonyl (C=O) groups excluding carboxylic acids is 1. The van der Waals surface area contributed by atoms with Crippen LogP contribution in [-0.4, -0.2) is 41.8 Å². The molecule has 2 heterocycles. The number of Topliss-reactive ketones (excluding diaryl/α,β-unsaturated/α-hetero) is 1. The quantitative estimate of drug-likeness (QED) is 0.509. The first kappa shape index (κ1) is 21.8. The molecule has 5 rings (SSSR count). The molecule has 2 aliphatic rings. The van der Waals surface area contributed by atoms with Crippen molar-refractivity contribution in [3.63, 3.8) is 0 Å². The molecule has 172 valence electrons. The molecule has 33 heavy (non-hydrogen) atoms. The maximum absolute atomic E-state index is 15.0. The summed E-state index contributed by atoms with van der Waals surface area (Å²) in [5, 5.41) is 0. The summed E-state index contributed by atoms with van der Waals surface area (Å²) in [6.07, 6.45) is 7.87. The summed E-state index contributed by atoms with van der Waals surface area (Å²) in [4.78, 5) is 21.3. The SMILES string of the molecule is O=C(Cc1ccc(N2CCN(C(c3ccccc3)c3ncco3)CC2)c(F)c1)C1CCCC1. The smallest absolute Gasteiger partial charge is 0.215 e. The van der Waals surface area contributed by atoms with Gasteiger partial charge in [-0.3, -0.25) is 9.69 Å². The summed E-state index contributed by atoms with van der Waals surface area (Å²) in [6, 6.07) is 15.5. The highest BCUT2D eigenvalue weighted by molar-refractivity contribution is 5.83. The van der Waals surface area contributed by atoms with Crippen LogP contribution in [0, 0.1) is 11.7 Å². The summed E-state index contributed by atoms with van der Waals surface area (Å²) in [5.41, 5.74) is 2.52. The Morgan fingerprint density at radius 3 is 2.48 bits per heavy atom. The van der Waals surface area contributed by atoms with Crippen LogP contribution in [0.5, 0.6) is 0 Å². The maximum Gasteiger partial charge on any atom is 0.215 e. The van der Waals surface area contributed by atoms with Crippen molar-refractivity contribution in [2.75, 3.05) is 31.1 Å². The number of piperazine rings is 1. The summed E-state index contributed by atoms with van der Waals surface area (Å²) in [5.74, 6) is 0.860. The lowest BCUT2D eigenvalue weighted by Gasteiger charge is -2.39. The number of nitrogens with zero attached hydrogens (tertiary/aromatic N) is 3. The molecular weight excluding hydrogens is 417 g/mol. The minimum atomic E-state index is -0.243. The van der Waals surface area contributed by atoms with Crippen molar-refractivity contribution < 1.29 is 13.6 Å². The van der Waals surface area contributed by atoms with Crippen molar-refractivity contribution in [3.05, 3.63) is 83.8 Å². The summed E-state index contributed by atoms with van der Waals surface area (Å²) in [6.45, 7) is 2.95. The van der Waals surface area contributed by atoms with Crippen molar-refractivity contribution in [3.8, 4) is 0 Å². The number of halogens is 1. The molecule has 2 fully saturated rings. The minimum absolute atomic E-state index is 0.0582. The van der Waals surface area contributed by atoms with E-state index in [1.54, 1.807) is 18.5 Å². The predicted octanol–water partition coefficient (Wildman–Crippen LogP) is 5.03. The van der Waals surface area contributed by atoms with Gasteiger partial charge in [0, 0.05) is 38.5 Å². The molecule has 2 aromatic carbocycles. The van der Waals surface area contributed by atoms with E-state index < -0.39 is 0 Å². The largest absolute Gasteiger partial charge is 0.447 e. The Morgan fingerprint density at radius 2 is 1.82 bits per heavy atom. The second-order valence-corrected chi connectivity index (χ2v) is 9.12. The molecule has 0 radical (unpaired) electrons. The highest BCUT2D eigenvalue weighted by atomic mass is 19.1. The van der Waals surface area contributed by atoms with Crippen LogP contribution in [-0.2, 0) is 11.2 Å². The van der Waals surface area contributed by atoms with E-state index >= 15 is 4.39 Å². The fourth-order valence-electron chi connectivity index (χ4n) is 5.25. The summed E-state index contributed by atoms with van der Waals surface area (Å²) in [7, 11) is 0. The van der Waals surface area contributed by atoms with Crippen molar-refractivity contribution in [1.82, 2.24) is 9.88 Å². The molecule has 1 saturated heterocycles. The molecule has 1 aliphatic carbocycles. The van der Waals surface area contributed by atoms with Gasteiger partial charge in [0.1, 0.15) is 23.9 Å². The van der Waals surface area contributed by atoms with E-state index in [4.69, 9.17) is 4.42 Å². The van der Waals surface area contributed by atoms with Crippen molar-refractivity contribution >= 4 is 11.5 Å². The van der Waals surface area contributed by atoms with E-state index in [2.05, 4.69) is 26.9 Å². The second-order valence-electron chi connectivity index (χ2n) is 9.12. The van der Waals surface area contributed by atoms with Gasteiger partial charge in [0.2, 0.25) is 5.89 Å². The van der Waals surface area contributed by atoms with E-state index in [1.165, 1.54) is 0 Å². The lowest BCUT2D eigenvalue weighted by molar-refractivity contribution is -0.122. The van der Waals surface area contributed by atoms with Gasteiger partial charge in [0.05, 0.1) is 11.9 Å². The van der Waals surface area contributed by atoms with E-state index in [1.807, 2.05) is 30.3 Å². The van der Waals surface area contributed by atoms with Crippen molar-refractivity contribution in [2.45, 2.75) is 38.1 Å². The number of anilines is 1. The van der Waals surface area contributed by atoms with Gasteiger partial charge in [-0.05, 0) is 36.1 Å². The van der Waals surface area contributed by atoms with Crippen LogP contribution in [0.1, 0.15) is 48.7 Å². The van der Waals surface area contributed by atoms with E-state index in [0.717, 1.165) is 49.9 Å². The van der Waals surface area contributed by atoms with Gasteiger partial charge in [-0.2, -0.15) is 0 Å². The summed E-state index contributed by atoms with van der Waals surface area (Å²) >= 11 is 0. The maximum atomic E-state index is 15.0. The third-order valence-corrected chi connectivity index (χ3v) is 7.02. The third kappa shape index (κ3) is 4.86. The van der Waals surface area contributed by atoms with Gasteiger partial charge in [-0.1, -0.05) is 49.2 Å². The van der Waals surface area contributed by atoms with Gasteiger partial charge in [-0.25, -0.2) is 9.37 Å². The average Bonchev–Trinajstić information content (AvgIpc) is 3.56. The molecule has 1 aliphatic heterocycles. The lowest BCUT2D eigenvalue weighted by Crippen LogP contribution is -2.48. The Bertz CT molecular complexity index is 1060. The number of benzene rings is 2. The minimum Gasteiger partial charge on any atom is -0.447 e. The number of ketones is 1. The Hall–Kier alpha value is -2.99. The molecule has 3 aromatic rings. The number of carbonyl (C=O) groups is 1. The number of hydrogen-bond donors (Lipinski definition) is 0. The van der Waals surface area contributed by atoms with Crippen LogP contribution in [0.3, 0.4) is 0 Å². The number of rotatable bonds is 7. The second kappa shape index (κ2) is 9.87. The van der Waals surface area contributed by atoms with E-state index in [9.17, 15) is 4.79 Å². The van der Waals surface area contributed by atoms with Gasteiger partial charge in [-0.15, -0.1) is 0 Å². The standard InChI is InChI=1S/C27H30FN3O2/c28-23-18-20(19-25(32)21-6-4-5-7-21)10-11-24(23)30-13-15-31(16-14-30)26(27-29-12-17-33-27)22-8-2-1-3-9-22/h1-3,8-12,17-18,21,26H,4-7,13-16,19H2. The third-order valence-electron chi connectivity index (χ3n) is 7.02. The topological polar surface area (TPSA) is 49.6 Å². The first-order chi connectivity index (χ1) is 16.2. The monoisotopic (exact) mass is 447 g/mol.